The molecule has 0 N–H and O–H groups in total. The second kappa shape index (κ2) is 6.56. The average Bonchev–Trinajstić information content (AvgIpc) is 3.07. The highest BCUT2D eigenvalue weighted by Gasteiger charge is 2.14. The number of anilines is 1. The quantitative estimate of drug-likeness (QED) is 0.638. The highest BCUT2D eigenvalue weighted by molar-refractivity contribution is 5.70. The molecule has 1 aromatic carbocycles. The van der Waals surface area contributed by atoms with Gasteiger partial charge < -0.3 is 4.90 Å². The smallest absolute Gasteiger partial charge is 0.270 e. The van der Waals surface area contributed by atoms with E-state index >= 15 is 0 Å². The maximum Gasteiger partial charge on any atom is 0.270 e. The number of nitrogens with zero attached hydrogens (tertiary/aromatic N) is 4. The van der Waals surface area contributed by atoms with Crippen LogP contribution in [0.5, 0.6) is 0 Å². The van der Waals surface area contributed by atoms with Crippen LogP contribution in [0.4, 0.5) is 11.5 Å². The van der Waals surface area contributed by atoms with Crippen LogP contribution in [-0.4, -0.2) is 28.0 Å². The van der Waals surface area contributed by atoms with Crippen molar-refractivity contribution in [3.05, 3.63) is 57.5 Å². The molecule has 0 aliphatic carbocycles. The fourth-order valence-corrected chi connectivity index (χ4v) is 2.69. The molecule has 0 atom stereocenters. The van der Waals surface area contributed by atoms with E-state index in [1.807, 2.05) is 31.2 Å². The molecule has 0 bridgehead atoms. The van der Waals surface area contributed by atoms with E-state index in [1.54, 1.807) is 12.1 Å². The number of aromatic nitrogens is 2. The first kappa shape index (κ1) is 15.1. The minimum atomic E-state index is -0.391. The Kier molecular flexibility index (Phi) is 4.32. The Balaban J connectivity index is 1.84. The van der Waals surface area contributed by atoms with Crippen molar-refractivity contribution in [2.45, 2.75) is 19.8 Å². The van der Waals surface area contributed by atoms with Crippen molar-refractivity contribution < 1.29 is 4.92 Å². The largest absolute Gasteiger partial charge is 0.356 e. The molecule has 0 saturated carbocycles. The average molecular weight is 310 g/mol. The van der Waals surface area contributed by atoms with Crippen molar-refractivity contribution >= 4 is 23.7 Å². The lowest BCUT2D eigenvalue weighted by atomic mass is 10.2. The van der Waals surface area contributed by atoms with Gasteiger partial charge in [-0.2, -0.15) is 0 Å². The van der Waals surface area contributed by atoms with Gasteiger partial charge in [0, 0.05) is 31.3 Å². The normalized spacial score (nSPS) is 14.6. The molecule has 1 aromatic heterocycles. The van der Waals surface area contributed by atoms with Crippen LogP contribution in [0.2, 0.25) is 0 Å². The standard InChI is InChI=1S/C17H18N4O2/c1-13-18-15(12-17(19-13)20-9-2-3-10-20)8-7-14-5-4-6-16(11-14)21(22)23/h4-8,11-12H,2-3,9-10H2,1H3. The lowest BCUT2D eigenvalue weighted by Crippen LogP contribution is -2.19. The SMILES string of the molecule is Cc1nc(C=Cc2cccc([N+](=O)[O-])c2)cc(N2CCCC2)n1. The van der Waals surface area contributed by atoms with Crippen molar-refractivity contribution in [2.75, 3.05) is 18.0 Å². The van der Waals surface area contributed by atoms with Gasteiger partial charge in [-0.1, -0.05) is 18.2 Å². The van der Waals surface area contributed by atoms with Crippen LogP contribution in [0, 0.1) is 17.0 Å². The molecule has 0 amide bonds. The number of hydrogen-bond donors (Lipinski definition) is 0. The number of aryl methyl sites for hydroxylation is 1. The summed E-state index contributed by atoms with van der Waals surface area (Å²) in [5, 5.41) is 10.8. The molecule has 1 aliphatic rings. The fraction of sp³-hybridized carbons (Fsp3) is 0.294. The minimum Gasteiger partial charge on any atom is -0.356 e. The summed E-state index contributed by atoms with van der Waals surface area (Å²) in [4.78, 5) is 21.6. The first-order chi connectivity index (χ1) is 11.1. The van der Waals surface area contributed by atoms with Crippen molar-refractivity contribution in [1.29, 1.82) is 0 Å². The van der Waals surface area contributed by atoms with Crippen LogP contribution >= 0.6 is 0 Å². The van der Waals surface area contributed by atoms with Gasteiger partial charge in [0.2, 0.25) is 0 Å². The zero-order chi connectivity index (χ0) is 16.2. The van der Waals surface area contributed by atoms with Gasteiger partial charge in [0.15, 0.2) is 0 Å². The summed E-state index contributed by atoms with van der Waals surface area (Å²) in [7, 11) is 0. The number of hydrogen-bond acceptors (Lipinski definition) is 5. The summed E-state index contributed by atoms with van der Waals surface area (Å²) in [6.45, 7) is 3.94. The van der Waals surface area contributed by atoms with E-state index in [2.05, 4.69) is 14.9 Å². The highest BCUT2D eigenvalue weighted by Crippen LogP contribution is 2.20. The van der Waals surface area contributed by atoms with Crippen molar-refractivity contribution in [3.8, 4) is 0 Å². The lowest BCUT2D eigenvalue weighted by molar-refractivity contribution is -0.384. The fourth-order valence-electron chi connectivity index (χ4n) is 2.69. The number of nitro groups is 1. The topological polar surface area (TPSA) is 72.2 Å². The molecule has 2 aromatic rings. The summed E-state index contributed by atoms with van der Waals surface area (Å²) in [5.41, 5.74) is 1.67. The highest BCUT2D eigenvalue weighted by atomic mass is 16.6. The van der Waals surface area contributed by atoms with Gasteiger partial charge in [-0.25, -0.2) is 9.97 Å². The summed E-state index contributed by atoms with van der Waals surface area (Å²) >= 11 is 0. The molecule has 1 saturated heterocycles. The van der Waals surface area contributed by atoms with Gasteiger partial charge in [-0.3, -0.25) is 10.1 Å². The van der Waals surface area contributed by atoms with E-state index in [9.17, 15) is 10.1 Å². The van der Waals surface area contributed by atoms with E-state index in [1.165, 1.54) is 18.9 Å². The Morgan fingerprint density at radius 2 is 1.96 bits per heavy atom. The summed E-state index contributed by atoms with van der Waals surface area (Å²) in [6, 6.07) is 8.51. The maximum absolute atomic E-state index is 10.8. The zero-order valence-corrected chi connectivity index (χ0v) is 13.0. The number of non-ortho nitro benzene ring substituents is 1. The monoisotopic (exact) mass is 310 g/mol. The van der Waals surface area contributed by atoms with E-state index < -0.39 is 4.92 Å². The van der Waals surface area contributed by atoms with E-state index in [-0.39, 0.29) is 5.69 Å². The second-order valence-corrected chi connectivity index (χ2v) is 5.58. The predicted molar refractivity (Wildman–Crippen MR) is 90.2 cm³/mol. The molecule has 0 unspecified atom stereocenters. The number of rotatable bonds is 4. The molecule has 1 aliphatic heterocycles. The molecule has 0 radical (unpaired) electrons. The molecule has 6 nitrogen and oxygen atoms in total. The van der Waals surface area contributed by atoms with E-state index in [0.29, 0.717) is 0 Å². The Morgan fingerprint density at radius 3 is 2.70 bits per heavy atom. The van der Waals surface area contributed by atoms with Crippen LogP contribution in [0.15, 0.2) is 30.3 Å². The molecule has 118 valence electrons. The van der Waals surface area contributed by atoms with Gasteiger partial charge >= 0.3 is 0 Å². The molecule has 23 heavy (non-hydrogen) atoms. The molecule has 1 fully saturated rings. The molecule has 6 heteroatoms. The Hall–Kier alpha value is -2.76. The summed E-state index contributed by atoms with van der Waals surface area (Å²) in [6.07, 6.45) is 6.10. The Labute approximate surface area is 134 Å². The first-order valence-corrected chi connectivity index (χ1v) is 7.65. The molecular weight excluding hydrogens is 292 g/mol. The number of nitro benzene ring substituents is 1. The second-order valence-electron chi connectivity index (χ2n) is 5.58. The third-order valence-corrected chi connectivity index (χ3v) is 3.80. The Bertz CT molecular complexity index is 752. The van der Waals surface area contributed by atoms with Gasteiger partial charge in [0.05, 0.1) is 10.6 Å². The maximum atomic E-state index is 10.8. The third-order valence-electron chi connectivity index (χ3n) is 3.80. The van der Waals surface area contributed by atoms with Crippen LogP contribution in [-0.2, 0) is 0 Å². The van der Waals surface area contributed by atoms with Crippen LogP contribution in [0.1, 0.15) is 29.9 Å². The molecule has 3 rings (SSSR count). The van der Waals surface area contributed by atoms with E-state index in [4.69, 9.17) is 0 Å². The van der Waals surface area contributed by atoms with Crippen molar-refractivity contribution in [3.63, 3.8) is 0 Å². The van der Waals surface area contributed by atoms with Gasteiger partial charge in [-0.05, 0) is 31.4 Å². The predicted octanol–water partition coefficient (Wildman–Crippen LogP) is 3.46. The van der Waals surface area contributed by atoms with Crippen molar-refractivity contribution in [2.24, 2.45) is 0 Å². The summed E-state index contributed by atoms with van der Waals surface area (Å²) < 4.78 is 0. The molecule has 2 heterocycles. The first-order valence-electron chi connectivity index (χ1n) is 7.65. The van der Waals surface area contributed by atoms with Crippen molar-refractivity contribution in [1.82, 2.24) is 9.97 Å². The third kappa shape index (κ3) is 3.71. The van der Waals surface area contributed by atoms with E-state index in [0.717, 1.165) is 36.0 Å². The van der Waals surface area contributed by atoms with Gasteiger partial charge in [-0.15, -0.1) is 0 Å². The molecular formula is C17H18N4O2. The lowest BCUT2D eigenvalue weighted by Gasteiger charge is -2.16. The Morgan fingerprint density at radius 1 is 1.17 bits per heavy atom. The minimum absolute atomic E-state index is 0.0868. The molecule has 0 spiro atoms. The van der Waals surface area contributed by atoms with Gasteiger partial charge in [0.1, 0.15) is 11.6 Å². The van der Waals surface area contributed by atoms with Gasteiger partial charge in [0.25, 0.3) is 5.69 Å². The number of benzene rings is 1. The summed E-state index contributed by atoms with van der Waals surface area (Å²) in [5.74, 6) is 1.68. The zero-order valence-electron chi connectivity index (χ0n) is 13.0. The van der Waals surface area contributed by atoms with Crippen LogP contribution in [0.3, 0.4) is 0 Å². The van der Waals surface area contributed by atoms with Crippen LogP contribution < -0.4 is 4.90 Å². The van der Waals surface area contributed by atoms with Crippen LogP contribution in [0.25, 0.3) is 12.2 Å².